The average Bonchev–Trinajstić information content (AvgIpc) is 2.77. The van der Waals surface area contributed by atoms with Crippen LogP contribution in [0.5, 0.6) is 0 Å². The average molecular weight is 262 g/mol. The topological polar surface area (TPSA) is 29.3 Å². The lowest BCUT2D eigenvalue weighted by molar-refractivity contribution is 0.128. The van der Waals surface area contributed by atoms with Crippen LogP contribution in [-0.4, -0.2) is 24.5 Å². The zero-order valence-corrected chi connectivity index (χ0v) is 12.1. The number of hydrogen-bond donors (Lipinski definition) is 1. The predicted octanol–water partition coefficient (Wildman–Crippen LogP) is 2.68. The van der Waals surface area contributed by atoms with Gasteiger partial charge in [0.2, 0.25) is 0 Å². The van der Waals surface area contributed by atoms with Crippen LogP contribution in [0.4, 0.5) is 0 Å². The molecule has 1 aliphatic rings. The molecule has 1 aliphatic heterocycles. The molecule has 18 heavy (non-hydrogen) atoms. The van der Waals surface area contributed by atoms with E-state index in [0.717, 1.165) is 11.4 Å². The lowest BCUT2D eigenvalue weighted by Gasteiger charge is -2.36. The van der Waals surface area contributed by atoms with Crippen LogP contribution in [0.2, 0.25) is 0 Å². The van der Waals surface area contributed by atoms with Crippen molar-refractivity contribution in [1.29, 1.82) is 0 Å². The highest BCUT2D eigenvalue weighted by Crippen LogP contribution is 2.30. The van der Waals surface area contributed by atoms with Crippen molar-refractivity contribution in [3.05, 3.63) is 21.9 Å². The van der Waals surface area contributed by atoms with Crippen LogP contribution in [-0.2, 0) is 6.54 Å². The van der Waals surface area contributed by atoms with Crippen LogP contribution < -0.4 is 5.73 Å². The molecule has 2 N–H and O–H groups in total. The van der Waals surface area contributed by atoms with Crippen LogP contribution in [0, 0.1) is 17.3 Å². The van der Waals surface area contributed by atoms with Gasteiger partial charge in [-0.3, -0.25) is 4.90 Å². The van der Waals surface area contributed by atoms with Gasteiger partial charge in [0.05, 0.1) is 11.4 Å². The molecule has 0 aromatic carbocycles. The number of likely N-dealkylation sites (tertiary alicyclic amines) is 1. The van der Waals surface area contributed by atoms with Gasteiger partial charge in [-0.2, -0.15) is 0 Å². The summed E-state index contributed by atoms with van der Waals surface area (Å²) in [5.41, 5.74) is 5.91. The van der Waals surface area contributed by atoms with Crippen LogP contribution >= 0.6 is 11.3 Å². The first kappa shape index (κ1) is 13.6. The minimum absolute atomic E-state index is 0.439. The molecule has 0 amide bonds. The van der Waals surface area contributed by atoms with Gasteiger partial charge in [-0.05, 0) is 43.5 Å². The molecule has 1 saturated heterocycles. The number of nitrogens with two attached hydrogens (primary N) is 1. The van der Waals surface area contributed by atoms with Gasteiger partial charge in [0, 0.05) is 11.4 Å². The molecular formula is C15H22N2S. The second-order valence-corrected chi connectivity index (χ2v) is 6.88. The summed E-state index contributed by atoms with van der Waals surface area (Å²) >= 11 is 1.80. The molecule has 0 unspecified atom stereocenters. The first-order valence-corrected chi connectivity index (χ1v) is 7.41. The third-order valence-corrected chi connectivity index (χ3v) is 4.55. The highest BCUT2D eigenvalue weighted by molar-refractivity contribution is 7.12. The monoisotopic (exact) mass is 262 g/mol. The van der Waals surface area contributed by atoms with Crippen molar-refractivity contribution in [2.75, 3.05) is 19.6 Å². The molecule has 2 heterocycles. The molecule has 1 aromatic rings. The second-order valence-electron chi connectivity index (χ2n) is 5.71. The molecule has 0 atom stereocenters. The lowest BCUT2D eigenvalue weighted by atomic mass is 9.83. The van der Waals surface area contributed by atoms with Crippen molar-refractivity contribution in [3.8, 4) is 11.8 Å². The third-order valence-electron chi connectivity index (χ3n) is 3.56. The molecule has 2 rings (SSSR count). The lowest BCUT2D eigenvalue weighted by Crippen LogP contribution is -2.36. The molecule has 0 bridgehead atoms. The molecule has 98 valence electrons. The smallest absolute Gasteiger partial charge is 0.0772 e. The maximum Gasteiger partial charge on any atom is 0.0772 e. The van der Waals surface area contributed by atoms with E-state index in [4.69, 9.17) is 5.73 Å². The van der Waals surface area contributed by atoms with Crippen LogP contribution in [0.15, 0.2) is 12.1 Å². The van der Waals surface area contributed by atoms with Gasteiger partial charge in [0.25, 0.3) is 0 Å². The molecule has 0 aliphatic carbocycles. The summed E-state index contributed by atoms with van der Waals surface area (Å²) < 4.78 is 0. The zero-order valence-electron chi connectivity index (χ0n) is 11.3. The van der Waals surface area contributed by atoms with Crippen LogP contribution in [0.3, 0.4) is 0 Å². The van der Waals surface area contributed by atoms with Gasteiger partial charge in [-0.25, -0.2) is 0 Å². The van der Waals surface area contributed by atoms with E-state index < -0.39 is 0 Å². The molecule has 1 aromatic heterocycles. The Kier molecular flexibility index (Phi) is 4.45. The minimum Gasteiger partial charge on any atom is -0.320 e. The summed E-state index contributed by atoms with van der Waals surface area (Å²) in [4.78, 5) is 5.10. The molecule has 2 nitrogen and oxygen atoms in total. The van der Waals surface area contributed by atoms with Crippen molar-refractivity contribution in [1.82, 2.24) is 4.90 Å². The standard InChI is InChI=1S/C15H22N2S/c1-15(2)7-10-17(11-8-15)12-14-6-5-13(18-14)4-3-9-16/h5-6H,7-12,16H2,1-2H3. The number of piperidine rings is 1. The third kappa shape index (κ3) is 3.84. The summed E-state index contributed by atoms with van der Waals surface area (Å²) in [6, 6.07) is 4.31. The summed E-state index contributed by atoms with van der Waals surface area (Å²) in [7, 11) is 0. The van der Waals surface area contributed by atoms with Crippen LogP contribution in [0.25, 0.3) is 0 Å². The zero-order chi connectivity index (χ0) is 13.0. The number of hydrogen-bond acceptors (Lipinski definition) is 3. The van der Waals surface area contributed by atoms with Gasteiger partial charge in [0.1, 0.15) is 0 Å². The van der Waals surface area contributed by atoms with E-state index >= 15 is 0 Å². The molecule has 1 fully saturated rings. The summed E-state index contributed by atoms with van der Waals surface area (Å²) in [6.07, 6.45) is 2.61. The maximum atomic E-state index is 5.38. The van der Waals surface area contributed by atoms with Crippen LogP contribution in [0.1, 0.15) is 36.4 Å². The predicted molar refractivity (Wildman–Crippen MR) is 78.5 cm³/mol. The quantitative estimate of drug-likeness (QED) is 0.830. The Hall–Kier alpha value is -0.820. The number of rotatable bonds is 2. The van der Waals surface area contributed by atoms with Gasteiger partial charge < -0.3 is 5.73 Å². The first-order chi connectivity index (χ1) is 8.59. The maximum absolute atomic E-state index is 5.38. The molecule has 0 spiro atoms. The summed E-state index contributed by atoms with van der Waals surface area (Å²) in [5, 5.41) is 0. The summed E-state index contributed by atoms with van der Waals surface area (Å²) in [5.74, 6) is 6.01. The fourth-order valence-electron chi connectivity index (χ4n) is 2.21. The minimum atomic E-state index is 0.439. The molecular weight excluding hydrogens is 240 g/mol. The largest absolute Gasteiger partial charge is 0.320 e. The summed E-state index contributed by atoms with van der Waals surface area (Å²) in [6.45, 7) is 8.69. The van der Waals surface area contributed by atoms with Gasteiger partial charge in [-0.1, -0.05) is 25.7 Å². The molecule has 0 saturated carbocycles. The van der Waals surface area contributed by atoms with Gasteiger partial charge in [-0.15, -0.1) is 11.3 Å². The van der Waals surface area contributed by atoms with E-state index in [0.29, 0.717) is 12.0 Å². The highest BCUT2D eigenvalue weighted by atomic mass is 32.1. The Morgan fingerprint density at radius 1 is 1.33 bits per heavy atom. The number of nitrogens with zero attached hydrogens (tertiary/aromatic N) is 1. The van der Waals surface area contributed by atoms with Crippen molar-refractivity contribution >= 4 is 11.3 Å². The number of thiophene rings is 1. The van der Waals surface area contributed by atoms with Crippen molar-refractivity contribution in [2.45, 2.75) is 33.2 Å². The Labute approximate surface area is 114 Å². The van der Waals surface area contributed by atoms with Gasteiger partial charge in [0.15, 0.2) is 0 Å². The van der Waals surface area contributed by atoms with E-state index in [2.05, 4.69) is 42.7 Å². The molecule has 3 heteroatoms. The van der Waals surface area contributed by atoms with Gasteiger partial charge >= 0.3 is 0 Å². The van der Waals surface area contributed by atoms with Crippen molar-refractivity contribution < 1.29 is 0 Å². The Morgan fingerprint density at radius 3 is 2.72 bits per heavy atom. The molecule has 0 radical (unpaired) electrons. The Bertz CT molecular complexity index is 441. The van der Waals surface area contributed by atoms with Crippen molar-refractivity contribution in [3.63, 3.8) is 0 Å². The normalized spacial score (nSPS) is 19.3. The highest BCUT2D eigenvalue weighted by Gasteiger charge is 2.25. The van der Waals surface area contributed by atoms with E-state index in [1.165, 1.54) is 30.8 Å². The SMILES string of the molecule is CC1(C)CCN(Cc2ccc(C#CCN)s2)CC1. The fourth-order valence-corrected chi connectivity index (χ4v) is 3.13. The van der Waals surface area contributed by atoms with E-state index in [1.54, 1.807) is 11.3 Å². The Morgan fingerprint density at radius 2 is 2.06 bits per heavy atom. The fraction of sp³-hybridized carbons (Fsp3) is 0.600. The van der Waals surface area contributed by atoms with E-state index in [1.807, 2.05) is 0 Å². The van der Waals surface area contributed by atoms with Crippen molar-refractivity contribution in [2.24, 2.45) is 11.1 Å². The van der Waals surface area contributed by atoms with E-state index in [9.17, 15) is 0 Å². The Balaban J connectivity index is 1.88. The first-order valence-electron chi connectivity index (χ1n) is 6.59. The van der Waals surface area contributed by atoms with E-state index in [-0.39, 0.29) is 0 Å². The second kappa shape index (κ2) is 5.88.